The van der Waals surface area contributed by atoms with Crippen LogP contribution in [0.4, 0.5) is 4.79 Å². The monoisotopic (exact) mass is 284 g/mol. The zero-order valence-corrected chi connectivity index (χ0v) is 11.7. The zero-order valence-electron chi connectivity index (χ0n) is 11.7. The maximum absolute atomic E-state index is 11.9. The molecule has 0 aliphatic heterocycles. The summed E-state index contributed by atoms with van der Waals surface area (Å²) in [5, 5.41) is 24.2. The van der Waals surface area contributed by atoms with Crippen molar-refractivity contribution in [1.82, 2.24) is 10.6 Å². The van der Waals surface area contributed by atoms with Gasteiger partial charge in [-0.2, -0.15) is 0 Å². The van der Waals surface area contributed by atoms with Crippen molar-refractivity contribution < 1.29 is 19.8 Å². The van der Waals surface area contributed by atoms with Crippen molar-refractivity contribution in [3.05, 3.63) is 0 Å². The van der Waals surface area contributed by atoms with Crippen LogP contribution in [0, 0.1) is 5.92 Å². The minimum Gasteiger partial charge on any atom is -0.481 e. The molecule has 2 fully saturated rings. The lowest BCUT2D eigenvalue weighted by atomic mass is 9.86. The summed E-state index contributed by atoms with van der Waals surface area (Å²) in [6.07, 6.45) is 5.64. The molecular weight excluding hydrogens is 260 g/mol. The van der Waals surface area contributed by atoms with Crippen LogP contribution in [-0.2, 0) is 4.79 Å². The Kier molecular flexibility index (Phi) is 5.23. The second-order valence-electron chi connectivity index (χ2n) is 6.01. The normalized spacial score (nSPS) is 34.2. The summed E-state index contributed by atoms with van der Waals surface area (Å²) in [4.78, 5) is 22.7. The van der Waals surface area contributed by atoms with E-state index in [1.54, 1.807) is 0 Å². The fraction of sp³-hybridized carbons (Fsp3) is 0.857. The highest BCUT2D eigenvalue weighted by atomic mass is 16.4. The van der Waals surface area contributed by atoms with E-state index >= 15 is 0 Å². The average Bonchev–Trinajstić information content (AvgIpc) is 2.42. The van der Waals surface area contributed by atoms with Gasteiger partial charge in [-0.15, -0.1) is 0 Å². The van der Waals surface area contributed by atoms with Crippen molar-refractivity contribution in [3.63, 3.8) is 0 Å². The van der Waals surface area contributed by atoms with Crippen LogP contribution in [0.2, 0.25) is 0 Å². The van der Waals surface area contributed by atoms with Crippen molar-refractivity contribution in [2.75, 3.05) is 0 Å². The van der Waals surface area contributed by atoms with Crippen LogP contribution in [-0.4, -0.2) is 40.4 Å². The van der Waals surface area contributed by atoms with Gasteiger partial charge < -0.3 is 20.8 Å². The van der Waals surface area contributed by atoms with Crippen LogP contribution in [0.3, 0.4) is 0 Å². The summed E-state index contributed by atoms with van der Waals surface area (Å²) < 4.78 is 0. The van der Waals surface area contributed by atoms with Gasteiger partial charge in [0.05, 0.1) is 12.0 Å². The van der Waals surface area contributed by atoms with E-state index in [0.29, 0.717) is 12.8 Å². The first kappa shape index (κ1) is 15.1. The van der Waals surface area contributed by atoms with Crippen LogP contribution < -0.4 is 10.6 Å². The maximum atomic E-state index is 11.9. The van der Waals surface area contributed by atoms with Crippen molar-refractivity contribution in [2.24, 2.45) is 5.92 Å². The number of hydrogen-bond acceptors (Lipinski definition) is 3. The molecule has 2 amide bonds. The Morgan fingerprint density at radius 2 is 1.25 bits per heavy atom. The number of carbonyl (C=O) groups excluding carboxylic acids is 1. The molecule has 6 nitrogen and oxygen atoms in total. The predicted octanol–water partition coefficient (Wildman–Crippen LogP) is 1.23. The molecule has 0 atom stereocenters. The first-order valence-corrected chi connectivity index (χ1v) is 7.52. The molecule has 0 radical (unpaired) electrons. The summed E-state index contributed by atoms with van der Waals surface area (Å²) in [6.45, 7) is 0. The number of urea groups is 1. The van der Waals surface area contributed by atoms with Crippen LogP contribution in [0.1, 0.15) is 51.4 Å². The number of aliphatic hydroxyl groups is 1. The third kappa shape index (κ3) is 4.37. The molecule has 2 aliphatic rings. The molecule has 0 saturated heterocycles. The number of rotatable bonds is 3. The molecule has 0 unspecified atom stereocenters. The number of carboxylic acids is 1. The van der Waals surface area contributed by atoms with Crippen LogP contribution in [0.25, 0.3) is 0 Å². The summed E-state index contributed by atoms with van der Waals surface area (Å²) in [6, 6.07) is 0.0682. The van der Waals surface area contributed by atoms with Crippen molar-refractivity contribution in [2.45, 2.75) is 69.6 Å². The molecule has 0 aromatic heterocycles. The molecular formula is C14H24N2O4. The number of nitrogens with one attached hydrogen (secondary N) is 2. The van der Waals surface area contributed by atoms with Gasteiger partial charge in [0.2, 0.25) is 0 Å². The number of aliphatic carboxylic acids is 1. The number of carboxylic acid groups (broad SMARTS) is 1. The van der Waals surface area contributed by atoms with Gasteiger partial charge in [-0.1, -0.05) is 0 Å². The second-order valence-corrected chi connectivity index (χ2v) is 6.01. The highest BCUT2D eigenvalue weighted by molar-refractivity contribution is 5.74. The summed E-state index contributed by atoms with van der Waals surface area (Å²) in [5.74, 6) is -0.982. The molecule has 2 rings (SSSR count). The Hall–Kier alpha value is -1.30. The second kappa shape index (κ2) is 6.92. The molecule has 6 heteroatoms. The van der Waals surface area contributed by atoms with Gasteiger partial charge in [-0.25, -0.2) is 4.79 Å². The lowest BCUT2D eigenvalue weighted by molar-refractivity contribution is -0.142. The topological polar surface area (TPSA) is 98.7 Å². The Balaban J connectivity index is 1.66. The van der Waals surface area contributed by atoms with Crippen LogP contribution in [0.15, 0.2) is 0 Å². The standard InChI is InChI=1S/C14H24N2O4/c17-12-7-5-11(6-8-12)16-14(20)15-10-3-1-9(2-4-10)13(18)19/h9-12,17H,1-8H2,(H,18,19)(H2,15,16,20). The number of hydrogen-bond donors (Lipinski definition) is 4. The number of carbonyl (C=O) groups is 2. The molecule has 2 saturated carbocycles. The Labute approximate surface area is 118 Å². The van der Waals surface area contributed by atoms with Gasteiger partial charge in [0.15, 0.2) is 0 Å². The highest BCUT2D eigenvalue weighted by Crippen LogP contribution is 2.24. The van der Waals surface area contributed by atoms with E-state index in [4.69, 9.17) is 5.11 Å². The molecule has 0 spiro atoms. The van der Waals surface area contributed by atoms with E-state index in [-0.39, 0.29) is 30.1 Å². The first-order valence-electron chi connectivity index (χ1n) is 7.52. The highest BCUT2D eigenvalue weighted by Gasteiger charge is 2.27. The van der Waals surface area contributed by atoms with E-state index in [2.05, 4.69) is 10.6 Å². The smallest absolute Gasteiger partial charge is 0.315 e. The molecule has 0 aromatic rings. The SMILES string of the molecule is O=C(NC1CCC(O)CC1)NC1CCC(C(=O)O)CC1. The summed E-state index contributed by atoms with van der Waals surface area (Å²) >= 11 is 0. The van der Waals surface area contributed by atoms with E-state index in [9.17, 15) is 14.7 Å². The van der Waals surface area contributed by atoms with Gasteiger partial charge in [-0.3, -0.25) is 4.79 Å². The molecule has 0 heterocycles. The van der Waals surface area contributed by atoms with Crippen LogP contribution in [0.5, 0.6) is 0 Å². The number of amides is 2. The fourth-order valence-electron chi connectivity index (χ4n) is 3.12. The third-order valence-corrected chi connectivity index (χ3v) is 4.44. The van der Waals surface area contributed by atoms with Crippen molar-refractivity contribution in [3.8, 4) is 0 Å². The fourth-order valence-corrected chi connectivity index (χ4v) is 3.12. The van der Waals surface area contributed by atoms with E-state index < -0.39 is 5.97 Å². The van der Waals surface area contributed by atoms with E-state index in [1.165, 1.54) is 0 Å². The summed E-state index contributed by atoms with van der Waals surface area (Å²) in [5.41, 5.74) is 0. The number of aliphatic hydroxyl groups excluding tert-OH is 1. The molecule has 0 bridgehead atoms. The minimum absolute atomic E-state index is 0.0831. The minimum atomic E-state index is -0.728. The van der Waals surface area contributed by atoms with E-state index in [1.807, 2.05) is 0 Å². The molecule has 114 valence electrons. The van der Waals surface area contributed by atoms with Crippen molar-refractivity contribution in [1.29, 1.82) is 0 Å². The lowest BCUT2D eigenvalue weighted by Crippen LogP contribution is -2.48. The first-order chi connectivity index (χ1) is 9.54. The quantitative estimate of drug-likeness (QED) is 0.626. The third-order valence-electron chi connectivity index (χ3n) is 4.44. The Morgan fingerprint density at radius 1 is 0.800 bits per heavy atom. The molecule has 2 aliphatic carbocycles. The van der Waals surface area contributed by atoms with Crippen molar-refractivity contribution >= 4 is 12.0 Å². The van der Waals surface area contributed by atoms with Gasteiger partial charge >= 0.3 is 12.0 Å². The van der Waals surface area contributed by atoms with Gasteiger partial charge in [-0.05, 0) is 51.4 Å². The van der Waals surface area contributed by atoms with Gasteiger partial charge in [0.1, 0.15) is 0 Å². The molecule has 4 N–H and O–H groups in total. The maximum Gasteiger partial charge on any atom is 0.315 e. The lowest BCUT2D eigenvalue weighted by Gasteiger charge is -2.29. The largest absolute Gasteiger partial charge is 0.481 e. The van der Waals surface area contributed by atoms with Gasteiger partial charge in [0, 0.05) is 12.1 Å². The average molecular weight is 284 g/mol. The van der Waals surface area contributed by atoms with Gasteiger partial charge in [0.25, 0.3) is 0 Å². The van der Waals surface area contributed by atoms with E-state index in [0.717, 1.165) is 38.5 Å². The summed E-state index contributed by atoms with van der Waals surface area (Å²) in [7, 11) is 0. The Bertz CT molecular complexity index is 345. The Morgan fingerprint density at radius 3 is 1.70 bits per heavy atom. The molecule has 20 heavy (non-hydrogen) atoms. The molecule has 0 aromatic carbocycles. The predicted molar refractivity (Wildman–Crippen MR) is 73.3 cm³/mol. The zero-order chi connectivity index (χ0) is 14.5. The van der Waals surface area contributed by atoms with Crippen LogP contribution >= 0.6 is 0 Å².